The predicted octanol–water partition coefficient (Wildman–Crippen LogP) is 3.60. The largest absolute Gasteiger partial charge is 0.491 e. The summed E-state index contributed by atoms with van der Waals surface area (Å²) in [5, 5.41) is 6.25. The van der Waals surface area contributed by atoms with E-state index in [0.29, 0.717) is 32.3 Å². The van der Waals surface area contributed by atoms with Crippen LogP contribution in [0.5, 0.6) is 5.75 Å². The molecule has 0 saturated carbocycles. The fourth-order valence-corrected chi connectivity index (χ4v) is 2.39. The van der Waals surface area contributed by atoms with Gasteiger partial charge in [0.2, 0.25) is 0 Å². The Bertz CT molecular complexity index is 762. The Morgan fingerprint density at radius 1 is 0.964 bits per heavy atom. The fourth-order valence-electron chi connectivity index (χ4n) is 2.39. The third kappa shape index (κ3) is 7.11. The molecule has 2 aromatic rings. The number of benzene rings is 2. The summed E-state index contributed by atoms with van der Waals surface area (Å²) in [6.07, 6.45) is -4.33. The number of alkyl halides is 3. The second-order valence-electron chi connectivity index (χ2n) is 5.96. The maximum absolute atomic E-state index is 12.6. The summed E-state index contributed by atoms with van der Waals surface area (Å²) in [4.78, 5) is 4.12. The number of aliphatic imine (C=N–C) groups is 1. The molecule has 0 amide bonds. The third-order valence-electron chi connectivity index (χ3n) is 3.88. The van der Waals surface area contributed by atoms with Gasteiger partial charge in [0.15, 0.2) is 5.96 Å². The molecule has 0 heterocycles. The highest BCUT2D eigenvalue weighted by Crippen LogP contribution is 2.29. The zero-order valence-corrected chi connectivity index (χ0v) is 15.8. The number of methoxy groups -OCH3 is 1. The second-order valence-corrected chi connectivity index (χ2v) is 5.96. The lowest BCUT2D eigenvalue weighted by molar-refractivity contribution is -0.137. The van der Waals surface area contributed by atoms with Crippen LogP contribution in [0.4, 0.5) is 13.2 Å². The van der Waals surface area contributed by atoms with E-state index in [9.17, 15) is 13.2 Å². The molecule has 0 bridgehead atoms. The van der Waals surface area contributed by atoms with Gasteiger partial charge in [-0.25, -0.2) is 0 Å². The van der Waals surface area contributed by atoms with Gasteiger partial charge in [0.05, 0.1) is 12.2 Å². The predicted molar refractivity (Wildman–Crippen MR) is 102 cm³/mol. The molecule has 2 aromatic carbocycles. The zero-order chi connectivity index (χ0) is 20.4. The molecule has 0 saturated heterocycles. The van der Waals surface area contributed by atoms with Gasteiger partial charge in [-0.15, -0.1) is 0 Å². The van der Waals surface area contributed by atoms with E-state index in [2.05, 4.69) is 15.6 Å². The van der Waals surface area contributed by atoms with E-state index in [1.807, 2.05) is 24.3 Å². The van der Waals surface area contributed by atoms with Crippen molar-refractivity contribution in [3.8, 4) is 5.75 Å². The van der Waals surface area contributed by atoms with Gasteiger partial charge in [-0.2, -0.15) is 13.2 Å². The van der Waals surface area contributed by atoms with Gasteiger partial charge in [-0.3, -0.25) is 4.99 Å². The van der Waals surface area contributed by atoms with Crippen LogP contribution in [-0.2, 0) is 24.0 Å². The maximum atomic E-state index is 12.6. The molecular formula is C20H24F3N3O2. The molecule has 2 rings (SSSR count). The van der Waals surface area contributed by atoms with Crippen LogP contribution in [0.25, 0.3) is 0 Å². The van der Waals surface area contributed by atoms with Crippen molar-refractivity contribution in [1.82, 2.24) is 10.6 Å². The second kappa shape index (κ2) is 10.6. The van der Waals surface area contributed by atoms with E-state index in [-0.39, 0.29) is 0 Å². The average Bonchev–Trinajstić information content (AvgIpc) is 2.68. The number of nitrogens with zero attached hydrogens (tertiary/aromatic N) is 1. The van der Waals surface area contributed by atoms with Crippen molar-refractivity contribution in [1.29, 1.82) is 0 Å². The van der Waals surface area contributed by atoms with Crippen molar-refractivity contribution in [2.75, 3.05) is 27.4 Å². The van der Waals surface area contributed by atoms with Crippen molar-refractivity contribution in [2.24, 2.45) is 4.99 Å². The summed E-state index contributed by atoms with van der Waals surface area (Å²) >= 11 is 0. The van der Waals surface area contributed by atoms with Crippen LogP contribution in [0.1, 0.15) is 16.7 Å². The number of rotatable bonds is 8. The van der Waals surface area contributed by atoms with E-state index < -0.39 is 11.7 Å². The molecule has 2 N–H and O–H groups in total. The van der Waals surface area contributed by atoms with Gasteiger partial charge in [0, 0.05) is 27.2 Å². The Kier molecular flexibility index (Phi) is 8.13. The van der Waals surface area contributed by atoms with Crippen LogP contribution >= 0.6 is 0 Å². The Hall–Kier alpha value is -2.74. The molecule has 0 spiro atoms. The highest BCUT2D eigenvalue weighted by Gasteiger charge is 2.29. The molecule has 0 unspecified atom stereocenters. The van der Waals surface area contributed by atoms with Gasteiger partial charge in [-0.05, 0) is 35.4 Å². The summed E-state index contributed by atoms with van der Waals surface area (Å²) < 4.78 is 48.4. The summed E-state index contributed by atoms with van der Waals surface area (Å²) in [6, 6.07) is 12.7. The van der Waals surface area contributed by atoms with Crippen LogP contribution in [0.2, 0.25) is 0 Å². The summed E-state index contributed by atoms with van der Waals surface area (Å²) in [5.74, 6) is 1.30. The van der Waals surface area contributed by atoms with Crippen molar-refractivity contribution >= 4 is 5.96 Å². The van der Waals surface area contributed by atoms with Crippen LogP contribution in [0, 0.1) is 0 Å². The molecule has 0 fully saturated rings. The van der Waals surface area contributed by atoms with Gasteiger partial charge in [0.25, 0.3) is 0 Å². The van der Waals surface area contributed by atoms with E-state index in [1.165, 1.54) is 12.1 Å². The molecular weight excluding hydrogens is 371 g/mol. The number of guanidine groups is 1. The number of halogens is 3. The van der Waals surface area contributed by atoms with E-state index in [1.54, 1.807) is 14.2 Å². The first kappa shape index (κ1) is 21.6. The highest BCUT2D eigenvalue weighted by molar-refractivity contribution is 5.79. The Morgan fingerprint density at radius 3 is 2.25 bits per heavy atom. The molecule has 0 aliphatic heterocycles. The Morgan fingerprint density at radius 2 is 1.64 bits per heavy atom. The normalized spacial score (nSPS) is 12.0. The molecule has 0 atom stereocenters. The third-order valence-corrected chi connectivity index (χ3v) is 3.88. The van der Waals surface area contributed by atoms with Crippen molar-refractivity contribution in [2.45, 2.75) is 19.3 Å². The fraction of sp³-hybridized carbons (Fsp3) is 0.350. The molecule has 5 nitrogen and oxygen atoms in total. The summed E-state index contributed by atoms with van der Waals surface area (Å²) in [7, 11) is 3.25. The quantitative estimate of drug-likeness (QED) is 0.407. The van der Waals surface area contributed by atoms with Crippen LogP contribution < -0.4 is 15.4 Å². The van der Waals surface area contributed by atoms with Gasteiger partial charge in [-0.1, -0.05) is 24.3 Å². The molecule has 28 heavy (non-hydrogen) atoms. The SMILES string of the molecule is CN=C(NCc1ccc(C(F)(F)F)cc1)NCc1cccc(OCCOC)c1. The molecule has 152 valence electrons. The molecule has 0 aliphatic carbocycles. The minimum absolute atomic E-state index is 0.359. The van der Waals surface area contributed by atoms with Gasteiger partial charge >= 0.3 is 6.18 Å². The Labute approximate surface area is 162 Å². The first-order chi connectivity index (χ1) is 13.4. The minimum Gasteiger partial charge on any atom is -0.491 e. The number of ether oxygens (including phenoxy) is 2. The lowest BCUT2D eigenvalue weighted by Gasteiger charge is -2.13. The van der Waals surface area contributed by atoms with Gasteiger partial charge < -0.3 is 20.1 Å². The van der Waals surface area contributed by atoms with E-state index in [0.717, 1.165) is 29.0 Å². The monoisotopic (exact) mass is 395 g/mol. The van der Waals surface area contributed by atoms with Crippen molar-refractivity contribution in [3.63, 3.8) is 0 Å². The lowest BCUT2D eigenvalue weighted by atomic mass is 10.1. The summed E-state index contributed by atoms with van der Waals surface area (Å²) in [6.45, 7) is 1.87. The standard InChI is InChI=1S/C20H24F3N3O2/c1-24-19(25-13-15-6-8-17(9-7-15)20(21,22)23)26-14-16-4-3-5-18(12-16)28-11-10-27-2/h3-9,12H,10-11,13-14H2,1-2H3,(H2,24,25,26). The zero-order valence-electron chi connectivity index (χ0n) is 15.8. The lowest BCUT2D eigenvalue weighted by Crippen LogP contribution is -2.36. The first-order valence-electron chi connectivity index (χ1n) is 8.73. The average molecular weight is 395 g/mol. The van der Waals surface area contributed by atoms with Crippen LogP contribution in [0.15, 0.2) is 53.5 Å². The molecule has 0 aromatic heterocycles. The molecule has 0 radical (unpaired) electrons. The molecule has 0 aliphatic rings. The first-order valence-corrected chi connectivity index (χ1v) is 8.73. The topological polar surface area (TPSA) is 54.9 Å². The smallest absolute Gasteiger partial charge is 0.416 e. The van der Waals surface area contributed by atoms with Crippen LogP contribution in [-0.4, -0.2) is 33.3 Å². The van der Waals surface area contributed by atoms with E-state index in [4.69, 9.17) is 9.47 Å². The van der Waals surface area contributed by atoms with E-state index >= 15 is 0 Å². The number of hydrogen-bond acceptors (Lipinski definition) is 3. The van der Waals surface area contributed by atoms with Gasteiger partial charge in [0.1, 0.15) is 12.4 Å². The summed E-state index contributed by atoms with van der Waals surface area (Å²) in [5.41, 5.74) is 1.07. The van der Waals surface area contributed by atoms with Crippen molar-refractivity contribution < 1.29 is 22.6 Å². The number of hydrogen-bond donors (Lipinski definition) is 2. The Balaban J connectivity index is 1.84. The highest BCUT2D eigenvalue weighted by atomic mass is 19.4. The van der Waals surface area contributed by atoms with Crippen molar-refractivity contribution in [3.05, 3.63) is 65.2 Å². The van der Waals surface area contributed by atoms with Crippen LogP contribution in [0.3, 0.4) is 0 Å². The minimum atomic E-state index is -4.33. The molecule has 8 heteroatoms. The maximum Gasteiger partial charge on any atom is 0.416 e. The number of nitrogens with one attached hydrogen (secondary N) is 2.